The van der Waals surface area contributed by atoms with Crippen molar-refractivity contribution in [2.45, 2.75) is 27.2 Å². The van der Waals surface area contributed by atoms with Crippen LogP contribution in [0.5, 0.6) is 0 Å². The quantitative estimate of drug-likeness (QED) is 0.384. The molecule has 10 heteroatoms. The lowest BCUT2D eigenvalue weighted by Crippen LogP contribution is -2.52. The lowest BCUT2D eigenvalue weighted by Gasteiger charge is -2.36. The van der Waals surface area contributed by atoms with E-state index in [-0.39, 0.29) is 11.7 Å². The number of carbonyl (C=O) groups is 1. The van der Waals surface area contributed by atoms with Gasteiger partial charge >= 0.3 is 0 Å². The van der Waals surface area contributed by atoms with Crippen LogP contribution in [0.4, 0.5) is 9.52 Å². The Morgan fingerprint density at radius 3 is 2.65 bits per heavy atom. The maximum Gasteiger partial charge on any atom is 0.251 e. The zero-order valence-corrected chi connectivity index (χ0v) is 19.1. The number of piperazine rings is 1. The number of anilines is 1. The molecule has 3 rings (SSSR count). The van der Waals surface area contributed by atoms with Crippen molar-refractivity contribution in [3.8, 4) is 0 Å². The SMILES string of the molecule is CCNC(=NCCNC(=O)c1ccc(C)c(F)c1)N1CCN(c2nc(CC)ns2)CC1. The maximum atomic E-state index is 13.7. The van der Waals surface area contributed by atoms with Gasteiger partial charge in [-0.25, -0.2) is 9.37 Å². The van der Waals surface area contributed by atoms with Crippen LogP contribution in [0, 0.1) is 12.7 Å². The molecular formula is C21H30FN7OS. The molecule has 1 aliphatic heterocycles. The Morgan fingerprint density at radius 2 is 2.00 bits per heavy atom. The van der Waals surface area contributed by atoms with Gasteiger partial charge in [-0.2, -0.15) is 4.37 Å². The van der Waals surface area contributed by atoms with E-state index in [0.29, 0.717) is 24.2 Å². The first-order chi connectivity index (χ1) is 15.0. The van der Waals surface area contributed by atoms with Crippen molar-refractivity contribution in [2.24, 2.45) is 4.99 Å². The average Bonchev–Trinajstić information content (AvgIpc) is 3.27. The number of rotatable bonds is 7. The van der Waals surface area contributed by atoms with E-state index >= 15 is 0 Å². The second-order valence-corrected chi connectivity index (χ2v) is 8.01. The molecule has 31 heavy (non-hydrogen) atoms. The minimum absolute atomic E-state index is 0.295. The summed E-state index contributed by atoms with van der Waals surface area (Å²) in [6.07, 6.45) is 0.850. The number of aromatic nitrogens is 2. The van der Waals surface area contributed by atoms with Crippen LogP contribution in [0.1, 0.15) is 35.6 Å². The standard InChI is InChI=1S/C21H30FN7OS/c1-4-18-26-21(31-27-18)29-12-10-28(11-13-29)20(23-5-2)25-9-8-24-19(30)16-7-6-15(3)17(22)14-16/h6-7,14H,4-5,8-13H2,1-3H3,(H,23,25)(H,24,30). The first-order valence-corrected chi connectivity index (χ1v) is 11.4. The fraction of sp³-hybridized carbons (Fsp3) is 0.524. The lowest BCUT2D eigenvalue weighted by molar-refractivity contribution is 0.0954. The number of halogens is 1. The van der Waals surface area contributed by atoms with Crippen LogP contribution in [0.3, 0.4) is 0 Å². The van der Waals surface area contributed by atoms with Crippen LogP contribution in [-0.2, 0) is 6.42 Å². The van der Waals surface area contributed by atoms with Crippen LogP contribution in [0.25, 0.3) is 0 Å². The number of aryl methyl sites for hydroxylation is 2. The monoisotopic (exact) mass is 447 g/mol. The van der Waals surface area contributed by atoms with Gasteiger partial charge in [0.1, 0.15) is 11.6 Å². The fourth-order valence-electron chi connectivity index (χ4n) is 3.22. The van der Waals surface area contributed by atoms with Gasteiger partial charge in [-0.05, 0) is 31.5 Å². The average molecular weight is 448 g/mol. The van der Waals surface area contributed by atoms with E-state index < -0.39 is 0 Å². The van der Waals surface area contributed by atoms with Crippen molar-refractivity contribution in [1.82, 2.24) is 24.9 Å². The highest BCUT2D eigenvalue weighted by atomic mass is 32.1. The lowest BCUT2D eigenvalue weighted by atomic mass is 10.1. The first-order valence-electron chi connectivity index (χ1n) is 10.7. The third-order valence-corrected chi connectivity index (χ3v) is 5.87. The molecule has 1 aromatic heterocycles. The highest BCUT2D eigenvalue weighted by Crippen LogP contribution is 2.19. The Labute approximate surface area is 186 Å². The second-order valence-electron chi connectivity index (χ2n) is 7.28. The summed E-state index contributed by atoms with van der Waals surface area (Å²) in [5, 5.41) is 7.11. The minimum atomic E-state index is -0.376. The summed E-state index contributed by atoms with van der Waals surface area (Å²) in [6.45, 7) is 10.7. The largest absolute Gasteiger partial charge is 0.357 e. The molecule has 0 saturated carbocycles. The molecular weight excluding hydrogens is 417 g/mol. The van der Waals surface area contributed by atoms with Crippen LogP contribution in [0.2, 0.25) is 0 Å². The summed E-state index contributed by atoms with van der Waals surface area (Å²) in [7, 11) is 0. The number of aliphatic imine (C=N–C) groups is 1. The normalized spacial score (nSPS) is 14.6. The number of nitrogens with one attached hydrogen (secondary N) is 2. The highest BCUT2D eigenvalue weighted by molar-refractivity contribution is 7.09. The zero-order valence-electron chi connectivity index (χ0n) is 18.3. The Bertz CT molecular complexity index is 909. The van der Waals surface area contributed by atoms with E-state index in [2.05, 4.69) is 41.7 Å². The number of hydrogen-bond acceptors (Lipinski definition) is 6. The molecule has 0 bridgehead atoms. The number of nitrogens with zero attached hydrogens (tertiary/aromatic N) is 5. The molecule has 1 fully saturated rings. The van der Waals surface area contributed by atoms with Gasteiger partial charge in [0, 0.05) is 62.8 Å². The van der Waals surface area contributed by atoms with E-state index in [1.54, 1.807) is 19.1 Å². The van der Waals surface area contributed by atoms with E-state index in [0.717, 1.165) is 56.1 Å². The number of hydrogen-bond donors (Lipinski definition) is 2. The molecule has 8 nitrogen and oxygen atoms in total. The molecule has 168 valence electrons. The Balaban J connectivity index is 1.49. The predicted molar refractivity (Wildman–Crippen MR) is 123 cm³/mol. The predicted octanol–water partition coefficient (Wildman–Crippen LogP) is 2.07. The molecule has 0 radical (unpaired) electrons. The van der Waals surface area contributed by atoms with Crippen LogP contribution < -0.4 is 15.5 Å². The van der Waals surface area contributed by atoms with Crippen molar-refractivity contribution < 1.29 is 9.18 Å². The fourth-order valence-corrected chi connectivity index (χ4v) is 4.02. The van der Waals surface area contributed by atoms with Crippen LogP contribution in [-0.4, -0.2) is 71.9 Å². The first kappa shape index (κ1) is 22.9. The Hall–Kier alpha value is -2.75. The van der Waals surface area contributed by atoms with Gasteiger partial charge in [0.05, 0.1) is 6.54 Å². The molecule has 1 aromatic carbocycles. The molecule has 0 atom stereocenters. The molecule has 0 spiro atoms. The third kappa shape index (κ3) is 6.13. The summed E-state index contributed by atoms with van der Waals surface area (Å²) in [5.41, 5.74) is 0.839. The summed E-state index contributed by atoms with van der Waals surface area (Å²) >= 11 is 1.46. The van der Waals surface area contributed by atoms with Crippen molar-refractivity contribution in [2.75, 3.05) is 50.7 Å². The highest BCUT2D eigenvalue weighted by Gasteiger charge is 2.22. The molecule has 2 aromatic rings. The van der Waals surface area contributed by atoms with Gasteiger partial charge in [-0.3, -0.25) is 9.79 Å². The Morgan fingerprint density at radius 1 is 1.23 bits per heavy atom. The van der Waals surface area contributed by atoms with E-state index in [4.69, 9.17) is 0 Å². The Kier molecular flexibility index (Phi) is 8.16. The maximum absolute atomic E-state index is 13.7. The minimum Gasteiger partial charge on any atom is -0.357 e. The summed E-state index contributed by atoms with van der Waals surface area (Å²) in [5.74, 6) is 1.06. The van der Waals surface area contributed by atoms with Gasteiger partial charge in [0.2, 0.25) is 5.13 Å². The van der Waals surface area contributed by atoms with Gasteiger partial charge in [-0.1, -0.05) is 13.0 Å². The summed E-state index contributed by atoms with van der Waals surface area (Å²) in [4.78, 5) is 25.9. The van der Waals surface area contributed by atoms with Crippen LogP contribution in [0.15, 0.2) is 23.2 Å². The van der Waals surface area contributed by atoms with Crippen molar-refractivity contribution in [3.05, 3.63) is 41.0 Å². The number of amides is 1. The van der Waals surface area contributed by atoms with Gasteiger partial charge in [-0.15, -0.1) is 0 Å². The number of guanidine groups is 1. The number of benzene rings is 1. The second kappa shape index (κ2) is 11.0. The van der Waals surface area contributed by atoms with E-state index in [1.807, 2.05) is 6.92 Å². The van der Waals surface area contributed by atoms with Crippen LogP contribution >= 0.6 is 11.5 Å². The smallest absolute Gasteiger partial charge is 0.251 e. The molecule has 1 saturated heterocycles. The molecule has 0 unspecified atom stereocenters. The molecule has 1 amide bonds. The topological polar surface area (TPSA) is 85.8 Å². The number of carbonyl (C=O) groups excluding carboxylic acids is 1. The molecule has 1 aliphatic rings. The summed E-state index contributed by atoms with van der Waals surface area (Å²) in [6, 6.07) is 4.50. The van der Waals surface area contributed by atoms with Gasteiger partial charge in [0.15, 0.2) is 5.96 Å². The van der Waals surface area contributed by atoms with Gasteiger partial charge < -0.3 is 20.4 Å². The van der Waals surface area contributed by atoms with E-state index in [9.17, 15) is 9.18 Å². The van der Waals surface area contributed by atoms with Crippen molar-refractivity contribution in [1.29, 1.82) is 0 Å². The van der Waals surface area contributed by atoms with Crippen molar-refractivity contribution in [3.63, 3.8) is 0 Å². The van der Waals surface area contributed by atoms with Gasteiger partial charge in [0.25, 0.3) is 5.91 Å². The zero-order chi connectivity index (χ0) is 22.2. The molecule has 2 heterocycles. The molecule has 2 N–H and O–H groups in total. The van der Waals surface area contributed by atoms with E-state index in [1.165, 1.54) is 17.6 Å². The third-order valence-electron chi connectivity index (χ3n) is 5.05. The molecule has 0 aliphatic carbocycles. The summed E-state index contributed by atoms with van der Waals surface area (Å²) < 4.78 is 18.0. The van der Waals surface area contributed by atoms with Crippen molar-refractivity contribution >= 4 is 28.5 Å².